The van der Waals surface area contributed by atoms with Crippen molar-refractivity contribution in [3.05, 3.63) is 53.9 Å². The van der Waals surface area contributed by atoms with E-state index in [-0.39, 0.29) is 17.4 Å². The predicted octanol–water partition coefficient (Wildman–Crippen LogP) is 3.45. The van der Waals surface area contributed by atoms with E-state index in [4.69, 9.17) is 9.72 Å². The van der Waals surface area contributed by atoms with E-state index in [2.05, 4.69) is 47.2 Å². The lowest BCUT2D eigenvalue weighted by Gasteiger charge is -2.41. The Balaban J connectivity index is 1.28. The van der Waals surface area contributed by atoms with Crippen molar-refractivity contribution in [3.8, 4) is 0 Å². The first-order valence-corrected chi connectivity index (χ1v) is 11.9. The Hall–Kier alpha value is -2.44. The molecule has 0 spiro atoms. The van der Waals surface area contributed by atoms with Crippen molar-refractivity contribution in [1.29, 1.82) is 0 Å². The SMILES string of the molecule is COC1(c2ccc(N3CC[C@@H](Cc4ncccc4N4CCN(C)CC4)C3=O)cc2)CCC1. The summed E-state index contributed by atoms with van der Waals surface area (Å²) < 4.78 is 5.80. The van der Waals surface area contributed by atoms with E-state index in [1.165, 1.54) is 17.7 Å². The van der Waals surface area contributed by atoms with E-state index in [1.807, 2.05) is 17.2 Å². The standard InChI is InChI=1S/C26H34N4O2/c1-28-15-17-29(18-16-28)24-5-3-13-27-23(24)19-20-10-14-30(25(20)31)22-8-6-21(7-9-22)26(32-2)11-4-12-26/h3,5-9,13,20H,4,10-12,14-19H2,1-2H3/t20-/m0/s1. The summed E-state index contributed by atoms with van der Waals surface area (Å²) in [6, 6.07) is 12.6. The summed E-state index contributed by atoms with van der Waals surface area (Å²) in [5.41, 5.74) is 4.35. The highest BCUT2D eigenvalue weighted by molar-refractivity contribution is 5.97. The van der Waals surface area contributed by atoms with Gasteiger partial charge in [0.2, 0.25) is 5.91 Å². The van der Waals surface area contributed by atoms with Crippen LogP contribution >= 0.6 is 0 Å². The number of piperazine rings is 1. The Morgan fingerprint density at radius 2 is 1.81 bits per heavy atom. The summed E-state index contributed by atoms with van der Waals surface area (Å²) in [6.07, 6.45) is 6.81. The molecule has 3 heterocycles. The van der Waals surface area contributed by atoms with Gasteiger partial charge in [0.1, 0.15) is 0 Å². The molecule has 0 N–H and O–H groups in total. The summed E-state index contributed by atoms with van der Waals surface area (Å²) in [7, 11) is 3.97. The minimum absolute atomic E-state index is 0.00672. The second kappa shape index (κ2) is 8.83. The molecule has 170 valence electrons. The van der Waals surface area contributed by atoms with E-state index in [1.54, 1.807) is 7.11 Å². The van der Waals surface area contributed by atoms with Gasteiger partial charge in [0.25, 0.3) is 0 Å². The van der Waals surface area contributed by atoms with Gasteiger partial charge in [0, 0.05) is 64.1 Å². The predicted molar refractivity (Wildman–Crippen MR) is 127 cm³/mol. The molecule has 1 aromatic carbocycles. The molecule has 0 radical (unpaired) electrons. The van der Waals surface area contributed by atoms with Gasteiger partial charge in [-0.1, -0.05) is 12.1 Å². The van der Waals surface area contributed by atoms with Crippen molar-refractivity contribution in [3.63, 3.8) is 0 Å². The maximum Gasteiger partial charge on any atom is 0.230 e. The molecule has 5 rings (SSSR count). The van der Waals surface area contributed by atoms with Crippen molar-refractivity contribution in [2.24, 2.45) is 5.92 Å². The molecular weight excluding hydrogens is 400 g/mol. The average Bonchev–Trinajstić information content (AvgIpc) is 3.15. The number of hydrogen-bond acceptors (Lipinski definition) is 5. The van der Waals surface area contributed by atoms with Crippen molar-refractivity contribution in [2.75, 3.05) is 56.7 Å². The fourth-order valence-electron chi connectivity index (χ4n) is 5.39. The third-order valence-electron chi connectivity index (χ3n) is 7.72. The highest BCUT2D eigenvalue weighted by Gasteiger charge is 2.39. The Morgan fingerprint density at radius 1 is 1.06 bits per heavy atom. The minimum atomic E-state index is -0.116. The maximum absolute atomic E-state index is 13.3. The molecule has 3 fully saturated rings. The molecule has 1 aliphatic carbocycles. The molecule has 1 saturated carbocycles. The second-order valence-electron chi connectivity index (χ2n) is 9.54. The Bertz CT molecular complexity index is 943. The molecule has 1 aromatic heterocycles. The van der Waals surface area contributed by atoms with Crippen LogP contribution < -0.4 is 9.80 Å². The summed E-state index contributed by atoms with van der Waals surface area (Å²) >= 11 is 0. The lowest BCUT2D eigenvalue weighted by molar-refractivity contribution is -0.120. The smallest absolute Gasteiger partial charge is 0.230 e. The first kappa shape index (κ1) is 21.4. The van der Waals surface area contributed by atoms with Crippen LogP contribution in [0.5, 0.6) is 0 Å². The van der Waals surface area contributed by atoms with Crippen LogP contribution in [0, 0.1) is 5.92 Å². The number of aromatic nitrogens is 1. The minimum Gasteiger partial charge on any atom is -0.374 e. The number of nitrogens with zero attached hydrogens (tertiary/aromatic N) is 4. The molecule has 1 atom stereocenters. The lowest BCUT2D eigenvalue weighted by Crippen LogP contribution is -2.45. The summed E-state index contributed by atoms with van der Waals surface area (Å²) in [5.74, 6) is 0.213. The molecule has 6 heteroatoms. The highest BCUT2D eigenvalue weighted by Crippen LogP contribution is 2.44. The number of amides is 1. The van der Waals surface area contributed by atoms with Crippen LogP contribution in [-0.4, -0.2) is 62.7 Å². The monoisotopic (exact) mass is 434 g/mol. The number of carbonyl (C=O) groups is 1. The zero-order valence-electron chi connectivity index (χ0n) is 19.3. The van der Waals surface area contributed by atoms with Gasteiger partial charge in [0.15, 0.2) is 0 Å². The van der Waals surface area contributed by atoms with Gasteiger partial charge in [0.05, 0.1) is 17.0 Å². The number of methoxy groups -OCH3 is 1. The molecule has 2 saturated heterocycles. The Kier molecular flexibility index (Phi) is 5.91. The lowest BCUT2D eigenvalue weighted by atomic mass is 9.75. The van der Waals surface area contributed by atoms with E-state index in [9.17, 15) is 4.79 Å². The number of anilines is 2. The average molecular weight is 435 g/mol. The Labute approximate surface area is 191 Å². The van der Waals surface area contributed by atoms with Gasteiger partial charge >= 0.3 is 0 Å². The molecule has 0 bridgehead atoms. The zero-order chi connectivity index (χ0) is 22.1. The van der Waals surface area contributed by atoms with Crippen LogP contribution in [-0.2, 0) is 21.6 Å². The van der Waals surface area contributed by atoms with Crippen LogP contribution in [0.1, 0.15) is 36.9 Å². The number of hydrogen-bond donors (Lipinski definition) is 0. The maximum atomic E-state index is 13.3. The molecule has 3 aliphatic rings. The second-order valence-corrected chi connectivity index (χ2v) is 9.54. The molecular formula is C26H34N4O2. The van der Waals surface area contributed by atoms with Crippen molar-refractivity contribution >= 4 is 17.3 Å². The third-order valence-corrected chi connectivity index (χ3v) is 7.72. The van der Waals surface area contributed by atoms with Crippen LogP contribution in [0.4, 0.5) is 11.4 Å². The van der Waals surface area contributed by atoms with E-state index < -0.39 is 0 Å². The summed E-state index contributed by atoms with van der Waals surface area (Å²) in [4.78, 5) is 24.7. The van der Waals surface area contributed by atoms with Gasteiger partial charge in [-0.25, -0.2) is 0 Å². The highest BCUT2D eigenvalue weighted by atomic mass is 16.5. The molecule has 1 amide bonds. The van der Waals surface area contributed by atoms with Crippen LogP contribution in [0.2, 0.25) is 0 Å². The number of benzene rings is 1. The fourth-order valence-corrected chi connectivity index (χ4v) is 5.39. The van der Waals surface area contributed by atoms with E-state index in [0.717, 1.165) is 63.4 Å². The van der Waals surface area contributed by atoms with Crippen molar-refractivity contribution < 1.29 is 9.53 Å². The number of carbonyl (C=O) groups excluding carboxylic acids is 1. The quantitative estimate of drug-likeness (QED) is 0.697. The first-order chi connectivity index (χ1) is 15.6. The molecule has 2 aliphatic heterocycles. The van der Waals surface area contributed by atoms with Gasteiger partial charge in [-0.15, -0.1) is 0 Å². The normalized spacial score (nSPS) is 23.4. The third kappa shape index (κ3) is 3.90. The molecule has 6 nitrogen and oxygen atoms in total. The molecule has 32 heavy (non-hydrogen) atoms. The number of rotatable bonds is 6. The van der Waals surface area contributed by atoms with Crippen LogP contribution in [0.25, 0.3) is 0 Å². The number of likely N-dealkylation sites (N-methyl/N-ethyl adjacent to an activating group) is 1. The van der Waals surface area contributed by atoms with E-state index in [0.29, 0.717) is 6.42 Å². The molecule has 2 aromatic rings. The topological polar surface area (TPSA) is 48.9 Å². The Morgan fingerprint density at radius 3 is 2.47 bits per heavy atom. The summed E-state index contributed by atoms with van der Waals surface area (Å²) in [6.45, 7) is 4.91. The zero-order valence-corrected chi connectivity index (χ0v) is 19.3. The van der Waals surface area contributed by atoms with Crippen LogP contribution in [0.15, 0.2) is 42.6 Å². The van der Waals surface area contributed by atoms with Crippen molar-refractivity contribution in [2.45, 2.75) is 37.7 Å². The van der Waals surface area contributed by atoms with E-state index >= 15 is 0 Å². The fraction of sp³-hybridized carbons (Fsp3) is 0.538. The molecule has 0 unspecified atom stereocenters. The van der Waals surface area contributed by atoms with Gasteiger partial charge in [-0.2, -0.15) is 0 Å². The summed E-state index contributed by atoms with van der Waals surface area (Å²) in [5, 5.41) is 0. The number of ether oxygens (including phenoxy) is 1. The van der Waals surface area contributed by atoms with Gasteiger partial charge < -0.3 is 19.4 Å². The first-order valence-electron chi connectivity index (χ1n) is 11.9. The van der Waals surface area contributed by atoms with Crippen molar-refractivity contribution in [1.82, 2.24) is 9.88 Å². The largest absolute Gasteiger partial charge is 0.374 e. The number of pyridine rings is 1. The van der Waals surface area contributed by atoms with Gasteiger partial charge in [-0.3, -0.25) is 9.78 Å². The van der Waals surface area contributed by atoms with Crippen LogP contribution in [0.3, 0.4) is 0 Å². The van der Waals surface area contributed by atoms with Gasteiger partial charge in [-0.05, 0) is 62.6 Å².